The molecule has 3 heteroatoms. The molecule has 98 valence electrons. The van der Waals surface area contributed by atoms with E-state index in [-0.39, 0.29) is 0 Å². The Morgan fingerprint density at radius 1 is 1.33 bits per heavy atom. The molecule has 0 spiro atoms. The third kappa shape index (κ3) is 1.58. The average Bonchev–Trinajstić information content (AvgIpc) is 2.65. The number of nitrogens with one attached hydrogen (secondary N) is 1. The molecule has 0 amide bonds. The Hall–Kier alpha value is -0.760. The number of anilines is 1. The van der Waals surface area contributed by atoms with Crippen LogP contribution >= 0.6 is 11.6 Å². The van der Waals surface area contributed by atoms with Crippen molar-refractivity contribution in [1.82, 2.24) is 4.98 Å². The Labute approximate surface area is 114 Å². The van der Waals surface area contributed by atoms with Gasteiger partial charge in [0, 0.05) is 6.04 Å². The van der Waals surface area contributed by atoms with E-state index >= 15 is 0 Å². The van der Waals surface area contributed by atoms with Crippen LogP contribution in [0.3, 0.4) is 0 Å². The first-order chi connectivity index (χ1) is 8.43. The van der Waals surface area contributed by atoms with Crippen LogP contribution in [-0.2, 0) is 0 Å². The standard InChI is InChI=1S/C15H21ClN2/c1-14(2)10-6-7-15(14,3)12(8-10)18-11-4-5-13(16)17-9-11/h4-5,9-10,12,18H,6-8H2,1-3H3. The molecule has 3 unspecified atom stereocenters. The van der Waals surface area contributed by atoms with Crippen molar-refractivity contribution in [1.29, 1.82) is 0 Å². The van der Waals surface area contributed by atoms with Gasteiger partial charge < -0.3 is 5.32 Å². The average molecular weight is 265 g/mol. The lowest BCUT2D eigenvalue weighted by Crippen LogP contribution is -2.40. The number of aromatic nitrogens is 1. The molecule has 1 N–H and O–H groups in total. The minimum atomic E-state index is 0.400. The lowest BCUT2D eigenvalue weighted by Gasteiger charge is -2.39. The number of halogens is 1. The van der Waals surface area contributed by atoms with Crippen molar-refractivity contribution in [3.8, 4) is 0 Å². The summed E-state index contributed by atoms with van der Waals surface area (Å²) in [6.07, 6.45) is 5.85. The minimum Gasteiger partial charge on any atom is -0.380 e. The van der Waals surface area contributed by atoms with Crippen LogP contribution in [0.1, 0.15) is 40.0 Å². The van der Waals surface area contributed by atoms with Gasteiger partial charge in [-0.05, 0) is 48.1 Å². The molecule has 1 heterocycles. The molecule has 2 nitrogen and oxygen atoms in total. The fourth-order valence-electron chi connectivity index (χ4n) is 4.08. The van der Waals surface area contributed by atoms with Crippen molar-refractivity contribution in [2.45, 2.75) is 46.1 Å². The maximum atomic E-state index is 5.83. The second-order valence-electron chi connectivity index (χ2n) is 6.68. The van der Waals surface area contributed by atoms with E-state index in [0.717, 1.165) is 11.6 Å². The van der Waals surface area contributed by atoms with Gasteiger partial charge >= 0.3 is 0 Å². The number of hydrogen-bond acceptors (Lipinski definition) is 2. The lowest BCUT2D eigenvalue weighted by atomic mass is 9.69. The SMILES string of the molecule is CC1(C)C2CCC1(C)C(Nc1ccc(Cl)nc1)C2. The van der Waals surface area contributed by atoms with Gasteiger partial charge in [0.2, 0.25) is 0 Å². The zero-order chi connectivity index (χ0) is 13.0. The zero-order valence-electron chi connectivity index (χ0n) is 11.3. The second kappa shape index (κ2) is 3.86. The number of pyridine rings is 1. The van der Waals surface area contributed by atoms with Crippen LogP contribution in [0.5, 0.6) is 0 Å². The first-order valence-corrected chi connectivity index (χ1v) is 7.19. The summed E-state index contributed by atoms with van der Waals surface area (Å²) < 4.78 is 0. The zero-order valence-corrected chi connectivity index (χ0v) is 12.1. The molecular formula is C15H21ClN2. The highest BCUT2D eigenvalue weighted by molar-refractivity contribution is 6.29. The predicted octanol–water partition coefficient (Wildman–Crippen LogP) is 4.36. The maximum absolute atomic E-state index is 5.83. The topological polar surface area (TPSA) is 24.9 Å². The molecule has 2 bridgehead atoms. The quantitative estimate of drug-likeness (QED) is 0.803. The fourth-order valence-corrected chi connectivity index (χ4v) is 4.20. The summed E-state index contributed by atoms with van der Waals surface area (Å²) in [5, 5.41) is 4.23. The maximum Gasteiger partial charge on any atom is 0.129 e. The van der Waals surface area contributed by atoms with Gasteiger partial charge in [-0.2, -0.15) is 0 Å². The third-order valence-electron chi connectivity index (χ3n) is 5.86. The van der Waals surface area contributed by atoms with Crippen molar-refractivity contribution in [2.24, 2.45) is 16.7 Å². The molecule has 1 aromatic heterocycles. The number of nitrogens with zero attached hydrogens (tertiary/aromatic N) is 1. The molecule has 0 saturated heterocycles. The first-order valence-electron chi connectivity index (χ1n) is 6.81. The van der Waals surface area contributed by atoms with Gasteiger partial charge in [-0.25, -0.2) is 4.98 Å². The Morgan fingerprint density at radius 3 is 2.61 bits per heavy atom. The van der Waals surface area contributed by atoms with E-state index in [1.807, 2.05) is 18.3 Å². The predicted molar refractivity (Wildman–Crippen MR) is 75.9 cm³/mol. The van der Waals surface area contributed by atoms with Gasteiger partial charge in [0.25, 0.3) is 0 Å². The Bertz CT molecular complexity index is 454. The molecule has 18 heavy (non-hydrogen) atoms. The molecule has 3 rings (SSSR count). The van der Waals surface area contributed by atoms with E-state index in [9.17, 15) is 0 Å². The van der Waals surface area contributed by atoms with E-state index in [1.54, 1.807) is 0 Å². The Morgan fingerprint density at radius 2 is 2.11 bits per heavy atom. The number of hydrogen-bond donors (Lipinski definition) is 1. The van der Waals surface area contributed by atoms with Crippen LogP contribution in [0.15, 0.2) is 18.3 Å². The molecule has 2 fully saturated rings. The van der Waals surface area contributed by atoms with Crippen molar-refractivity contribution >= 4 is 17.3 Å². The molecule has 0 radical (unpaired) electrons. The minimum absolute atomic E-state index is 0.400. The molecule has 2 aliphatic carbocycles. The Balaban J connectivity index is 1.81. The van der Waals surface area contributed by atoms with Crippen molar-refractivity contribution in [3.63, 3.8) is 0 Å². The second-order valence-corrected chi connectivity index (χ2v) is 7.06. The highest BCUT2D eigenvalue weighted by Gasteiger charge is 2.61. The summed E-state index contributed by atoms with van der Waals surface area (Å²) in [7, 11) is 0. The smallest absolute Gasteiger partial charge is 0.129 e. The van der Waals surface area contributed by atoms with E-state index in [4.69, 9.17) is 11.6 Å². The van der Waals surface area contributed by atoms with Gasteiger partial charge in [0.15, 0.2) is 0 Å². The van der Waals surface area contributed by atoms with Gasteiger partial charge in [-0.3, -0.25) is 0 Å². The number of rotatable bonds is 2. The first kappa shape index (κ1) is 12.3. The van der Waals surface area contributed by atoms with Gasteiger partial charge in [-0.15, -0.1) is 0 Å². The highest BCUT2D eigenvalue weighted by atomic mass is 35.5. The van der Waals surface area contributed by atoms with Crippen LogP contribution < -0.4 is 5.32 Å². The lowest BCUT2D eigenvalue weighted by molar-refractivity contribution is 0.142. The summed E-state index contributed by atoms with van der Waals surface area (Å²) in [5.41, 5.74) is 1.94. The van der Waals surface area contributed by atoms with Crippen LogP contribution in [0.2, 0.25) is 5.15 Å². The molecule has 3 atom stereocenters. The van der Waals surface area contributed by atoms with Crippen molar-refractivity contribution in [2.75, 3.05) is 5.32 Å². The molecule has 0 aliphatic heterocycles. The number of fused-ring (bicyclic) bond motifs is 2. The van der Waals surface area contributed by atoms with Crippen molar-refractivity contribution < 1.29 is 0 Å². The van der Waals surface area contributed by atoms with Gasteiger partial charge in [-0.1, -0.05) is 32.4 Å². The Kier molecular flexibility index (Phi) is 2.64. The largest absolute Gasteiger partial charge is 0.380 e. The molecular weight excluding hydrogens is 244 g/mol. The molecule has 2 aliphatic rings. The summed E-state index contributed by atoms with van der Waals surface area (Å²) in [6, 6.07) is 4.44. The third-order valence-corrected chi connectivity index (χ3v) is 6.09. The van der Waals surface area contributed by atoms with E-state index in [0.29, 0.717) is 22.0 Å². The van der Waals surface area contributed by atoms with Crippen LogP contribution in [0.25, 0.3) is 0 Å². The van der Waals surface area contributed by atoms with Crippen LogP contribution in [-0.4, -0.2) is 11.0 Å². The van der Waals surface area contributed by atoms with E-state index in [1.165, 1.54) is 19.3 Å². The molecule has 2 saturated carbocycles. The van der Waals surface area contributed by atoms with Crippen LogP contribution in [0.4, 0.5) is 5.69 Å². The van der Waals surface area contributed by atoms with Gasteiger partial charge in [0.05, 0.1) is 11.9 Å². The van der Waals surface area contributed by atoms with Gasteiger partial charge in [0.1, 0.15) is 5.15 Å². The molecule has 1 aromatic rings. The van der Waals surface area contributed by atoms with Crippen molar-refractivity contribution in [3.05, 3.63) is 23.5 Å². The summed E-state index contributed by atoms with van der Waals surface area (Å²) in [6.45, 7) is 7.32. The normalized spacial score (nSPS) is 36.9. The summed E-state index contributed by atoms with van der Waals surface area (Å²) in [5.74, 6) is 0.861. The summed E-state index contributed by atoms with van der Waals surface area (Å²) in [4.78, 5) is 4.15. The molecule has 0 aromatic carbocycles. The summed E-state index contributed by atoms with van der Waals surface area (Å²) >= 11 is 5.83. The fraction of sp³-hybridized carbons (Fsp3) is 0.667. The van der Waals surface area contributed by atoms with E-state index in [2.05, 4.69) is 31.1 Å². The van der Waals surface area contributed by atoms with E-state index < -0.39 is 0 Å². The highest BCUT2D eigenvalue weighted by Crippen LogP contribution is 2.65. The monoisotopic (exact) mass is 264 g/mol. The van der Waals surface area contributed by atoms with Crippen LogP contribution in [0, 0.1) is 16.7 Å².